The van der Waals surface area contributed by atoms with Gasteiger partial charge in [0.05, 0.1) is 34.0 Å². The highest BCUT2D eigenvalue weighted by molar-refractivity contribution is 6.04. The first-order valence-corrected chi connectivity index (χ1v) is 22.3. The summed E-state index contributed by atoms with van der Waals surface area (Å²) in [7, 11) is 3.25. The molecule has 2 heterocycles. The number of aliphatic hydroxyl groups excluding tert-OH is 1. The highest BCUT2D eigenvalue weighted by Gasteiger charge is 2.43. The van der Waals surface area contributed by atoms with Gasteiger partial charge < -0.3 is 38.3 Å². The van der Waals surface area contributed by atoms with Gasteiger partial charge in [-0.25, -0.2) is 9.18 Å². The molecule has 342 valence electrons. The third kappa shape index (κ3) is 8.37. The number of anilines is 1. The molecule has 0 radical (unpaired) electrons. The maximum atomic E-state index is 15.0. The van der Waals surface area contributed by atoms with Crippen molar-refractivity contribution >= 4 is 22.7 Å². The number of benzene rings is 6. The van der Waals surface area contributed by atoms with E-state index < -0.39 is 22.9 Å². The topological polar surface area (TPSA) is 111 Å². The van der Waals surface area contributed by atoms with E-state index in [1.807, 2.05) is 91.9 Å². The summed E-state index contributed by atoms with van der Waals surface area (Å²) in [4.78, 5) is 30.2. The van der Waals surface area contributed by atoms with Crippen LogP contribution in [0.15, 0.2) is 124 Å². The van der Waals surface area contributed by atoms with Crippen LogP contribution in [0.1, 0.15) is 59.7 Å². The van der Waals surface area contributed by atoms with Crippen LogP contribution in [-0.4, -0.2) is 75.8 Å². The van der Waals surface area contributed by atoms with Gasteiger partial charge in [-0.15, -0.1) is 0 Å². The number of ether oxygens (including phenoxy) is 4. The molecule has 2 aliphatic heterocycles. The van der Waals surface area contributed by atoms with Crippen molar-refractivity contribution in [3.63, 3.8) is 0 Å². The Morgan fingerprint density at radius 3 is 2.03 bits per heavy atom. The van der Waals surface area contributed by atoms with Crippen molar-refractivity contribution in [3.05, 3.63) is 170 Å². The van der Waals surface area contributed by atoms with E-state index in [0.29, 0.717) is 35.0 Å². The molecule has 1 atom stereocenters. The molecule has 11 heteroatoms. The fourth-order valence-electron chi connectivity index (χ4n) is 9.46. The van der Waals surface area contributed by atoms with E-state index in [0.717, 1.165) is 61.1 Å². The molecule has 10 nitrogen and oxygen atoms in total. The first kappa shape index (κ1) is 45.9. The molecule has 66 heavy (non-hydrogen) atoms. The third-order valence-electron chi connectivity index (χ3n) is 13.6. The quantitative estimate of drug-likeness (QED) is 0.0794. The molecule has 5 aromatic rings. The predicted octanol–water partition coefficient (Wildman–Crippen LogP) is 10.6. The molecule has 5 aromatic carbocycles. The average molecular weight is 893 g/mol. The molecule has 0 fully saturated rings. The molecule has 0 saturated heterocycles. The van der Waals surface area contributed by atoms with Crippen molar-refractivity contribution in [1.82, 2.24) is 4.90 Å². The lowest BCUT2D eigenvalue weighted by Crippen LogP contribution is -2.42. The number of amides is 1. The largest absolute Gasteiger partial charge is 0.497 e. The fraction of sp³-hybridized carbons (Fsp3) is 0.309. The average Bonchev–Trinajstić information content (AvgIpc) is 3.50. The monoisotopic (exact) mass is 892 g/mol. The second-order valence-corrected chi connectivity index (χ2v) is 17.6. The number of rotatable bonds is 15. The number of hydrogen-bond acceptors (Lipinski definition) is 9. The Kier molecular flexibility index (Phi) is 13.0. The molecule has 1 N–H and O–H groups in total. The zero-order valence-electron chi connectivity index (χ0n) is 38.9. The number of aryl methyl sites for hydroxylation is 3. The van der Waals surface area contributed by atoms with E-state index in [-0.39, 0.29) is 44.4 Å². The van der Waals surface area contributed by atoms with E-state index in [2.05, 4.69) is 57.7 Å². The molecule has 0 aromatic heterocycles. The van der Waals surface area contributed by atoms with Crippen LogP contribution in [0.4, 0.5) is 14.9 Å². The number of halogens is 1. The minimum absolute atomic E-state index is 0.0149. The summed E-state index contributed by atoms with van der Waals surface area (Å²) in [5, 5.41) is 10.9. The summed E-state index contributed by atoms with van der Waals surface area (Å²) < 4.78 is 45.4. The molecule has 1 unspecified atom stereocenters. The summed E-state index contributed by atoms with van der Waals surface area (Å²) in [6.07, 6.45) is -0.577. The third-order valence-corrected chi connectivity index (χ3v) is 13.6. The van der Waals surface area contributed by atoms with Gasteiger partial charge in [0.2, 0.25) is 5.43 Å². The number of carbonyl (C=O) groups excluding carboxylic acids is 1. The summed E-state index contributed by atoms with van der Waals surface area (Å²) in [6.45, 7) is 13.1. The molecular formula is C55H57FN2O8. The van der Waals surface area contributed by atoms with Crippen molar-refractivity contribution < 1.29 is 37.7 Å². The number of carbonyl (C=O) groups is 1. The minimum atomic E-state index is -1.09. The first-order valence-electron chi connectivity index (χ1n) is 22.3. The number of hydrogen-bond donors (Lipinski definition) is 1. The lowest BCUT2D eigenvalue weighted by Gasteiger charge is -2.37. The maximum absolute atomic E-state index is 15.0. The van der Waals surface area contributed by atoms with Crippen molar-refractivity contribution in [2.24, 2.45) is 0 Å². The van der Waals surface area contributed by atoms with Gasteiger partial charge in [-0.2, -0.15) is 0 Å². The second kappa shape index (κ2) is 18.7. The van der Waals surface area contributed by atoms with Gasteiger partial charge in [0.25, 0.3) is 0 Å². The zero-order valence-corrected chi connectivity index (χ0v) is 38.9. The molecule has 1 aliphatic carbocycles. The maximum Gasteiger partial charge on any atom is 0.409 e. The van der Waals surface area contributed by atoms with Gasteiger partial charge >= 0.3 is 6.09 Å². The smallest absolute Gasteiger partial charge is 0.409 e. The fourth-order valence-corrected chi connectivity index (χ4v) is 9.46. The van der Waals surface area contributed by atoms with Crippen molar-refractivity contribution in [3.8, 4) is 33.9 Å². The van der Waals surface area contributed by atoms with E-state index in [1.165, 1.54) is 17.0 Å². The van der Waals surface area contributed by atoms with Gasteiger partial charge in [-0.3, -0.25) is 4.79 Å². The van der Waals surface area contributed by atoms with Crippen molar-refractivity contribution in [1.29, 1.82) is 0 Å². The number of aliphatic hydroxyl groups is 1. The van der Waals surface area contributed by atoms with Crippen LogP contribution in [0.25, 0.3) is 33.4 Å². The molecular weight excluding hydrogens is 836 g/mol. The van der Waals surface area contributed by atoms with Gasteiger partial charge in [-0.05, 0) is 109 Å². The Morgan fingerprint density at radius 1 is 0.788 bits per heavy atom. The zero-order chi connectivity index (χ0) is 46.9. The molecule has 0 bridgehead atoms. The lowest BCUT2D eigenvalue weighted by atomic mass is 9.80. The molecule has 1 amide bonds. The van der Waals surface area contributed by atoms with Gasteiger partial charge in [0.15, 0.2) is 5.82 Å². The van der Waals surface area contributed by atoms with E-state index in [1.54, 1.807) is 14.2 Å². The van der Waals surface area contributed by atoms with Gasteiger partial charge in [0, 0.05) is 58.9 Å². The van der Waals surface area contributed by atoms with Crippen molar-refractivity contribution in [2.75, 3.05) is 58.6 Å². The van der Waals surface area contributed by atoms with E-state index in [4.69, 9.17) is 23.4 Å². The number of nitrogens with zero attached hydrogens (tertiary/aromatic N) is 2. The molecule has 8 rings (SSSR count). The van der Waals surface area contributed by atoms with Crippen LogP contribution < -0.4 is 19.8 Å². The van der Waals surface area contributed by atoms with Crippen LogP contribution in [0, 0.1) is 26.6 Å². The summed E-state index contributed by atoms with van der Waals surface area (Å²) in [5.41, 5.74) is 8.53. The highest BCUT2D eigenvalue weighted by atomic mass is 19.1. The van der Waals surface area contributed by atoms with E-state index >= 15 is 4.39 Å². The van der Waals surface area contributed by atoms with Crippen LogP contribution in [0.5, 0.6) is 11.5 Å². The van der Waals surface area contributed by atoms with Crippen LogP contribution in [-0.2, 0) is 20.5 Å². The standard InChI is InChI=1S/C55H57FN2O8/c1-34-28-36(3)43(29-35(34)2)52-44-30-46-48(32-50(44)66-51-33-49(60)47(56)31-45(51)52)58(37(4)54(46,5)6)24-26-64-53(61)57(22-25-59)23-27-65-55(38-12-10-9-11-13-38,39-14-18-41(62-7)19-15-39)40-16-20-42(63-8)21-17-40/h9-21,28-33,37,59H,22-27H2,1-8H3. The summed E-state index contributed by atoms with van der Waals surface area (Å²) in [5.74, 6) is 0.875. The SMILES string of the molecule is COc1ccc(C(OCCN(CCO)C(=O)OCCN2c3cc4oc5cc(=O)c(F)cc-5c(-c5cc(C)c(C)cc5C)c4cc3C(C)(C)C2C)(c2ccccc2)c2ccc(OC)cc2)cc1. The molecule has 0 saturated carbocycles. The number of fused-ring (bicyclic) bond motifs is 3. The van der Waals surface area contributed by atoms with Crippen LogP contribution in [0.3, 0.4) is 0 Å². The summed E-state index contributed by atoms with van der Waals surface area (Å²) >= 11 is 0. The Balaban J connectivity index is 1.06. The van der Waals surface area contributed by atoms with Crippen LogP contribution in [0.2, 0.25) is 0 Å². The second-order valence-electron chi connectivity index (χ2n) is 17.6. The highest BCUT2D eigenvalue weighted by Crippen LogP contribution is 2.50. The Morgan fingerprint density at radius 2 is 1.41 bits per heavy atom. The molecule has 3 aliphatic rings. The predicted molar refractivity (Wildman–Crippen MR) is 257 cm³/mol. The van der Waals surface area contributed by atoms with Crippen molar-refractivity contribution in [2.45, 2.75) is 58.6 Å². The number of methoxy groups -OCH3 is 2. The van der Waals surface area contributed by atoms with Gasteiger partial charge in [-0.1, -0.05) is 80.6 Å². The Hall–Kier alpha value is -6.69. The summed E-state index contributed by atoms with van der Waals surface area (Å²) in [6, 6.07) is 36.3. The minimum Gasteiger partial charge on any atom is -0.497 e. The van der Waals surface area contributed by atoms with E-state index in [9.17, 15) is 14.7 Å². The molecule has 0 spiro atoms. The lowest BCUT2D eigenvalue weighted by molar-refractivity contribution is -0.00143. The van der Waals surface area contributed by atoms with Gasteiger partial charge in [0.1, 0.15) is 35.1 Å². The first-order chi connectivity index (χ1) is 31.7. The normalized spacial score (nSPS) is 14.4. The van der Waals surface area contributed by atoms with Crippen LogP contribution >= 0.6 is 0 Å². The Labute approximate surface area is 385 Å². The Bertz CT molecular complexity index is 2850.